The van der Waals surface area contributed by atoms with Crippen LogP contribution in [0.3, 0.4) is 0 Å². The monoisotopic (exact) mass is 731 g/mol. The topological polar surface area (TPSA) is 55.3 Å². The first kappa shape index (κ1) is 32.7. The van der Waals surface area contributed by atoms with E-state index in [1.165, 1.54) is 11.1 Å². The number of hydrogen-bond acceptors (Lipinski definition) is 5. The summed E-state index contributed by atoms with van der Waals surface area (Å²) >= 11 is 0. The van der Waals surface area contributed by atoms with Crippen LogP contribution in [0.4, 0.5) is 17.1 Å². The van der Waals surface area contributed by atoms with Crippen molar-refractivity contribution in [3.63, 3.8) is 0 Å². The molecule has 0 radical (unpaired) electrons. The molecule has 11 rings (SSSR count). The van der Waals surface area contributed by atoms with Gasteiger partial charge in [0.05, 0.1) is 5.69 Å². The molecular weight excluding hydrogens is 699 g/mol. The van der Waals surface area contributed by atoms with E-state index < -0.39 is 0 Å². The molecule has 0 N–H and O–H groups in total. The van der Waals surface area contributed by atoms with Gasteiger partial charge in [-0.1, -0.05) is 127 Å². The standard InChI is InChI=1S/C52H33N3O2/c1-2-10-34(11-3-1)35-19-21-36(22-20-35)41-12-4-6-16-47(41)55(39-27-23-37(24-28-39)42-14-8-15-44-50-49(57-51(42)44)18-9-31-54-50)40-29-25-38(26-30-40)45-32-53-33-46-43-13-5-7-17-48(43)56-52(45)46/h1-33H. The molecule has 0 bridgehead atoms. The van der Waals surface area contributed by atoms with Crippen LogP contribution in [0.1, 0.15) is 0 Å². The van der Waals surface area contributed by atoms with Gasteiger partial charge in [-0.3, -0.25) is 9.97 Å². The number of benzene rings is 7. The second kappa shape index (κ2) is 13.5. The van der Waals surface area contributed by atoms with Gasteiger partial charge >= 0.3 is 0 Å². The molecule has 0 aliphatic heterocycles. The summed E-state index contributed by atoms with van der Waals surface area (Å²) in [7, 11) is 0. The van der Waals surface area contributed by atoms with Crippen molar-refractivity contribution >= 4 is 61.1 Å². The van der Waals surface area contributed by atoms with E-state index in [1.807, 2.05) is 48.9 Å². The average molecular weight is 732 g/mol. The first-order valence-electron chi connectivity index (χ1n) is 19.0. The van der Waals surface area contributed by atoms with Gasteiger partial charge in [0.1, 0.15) is 22.3 Å². The molecule has 0 unspecified atom stereocenters. The second-order valence-corrected chi connectivity index (χ2v) is 14.2. The largest absolute Gasteiger partial charge is 0.455 e. The van der Waals surface area contributed by atoms with Gasteiger partial charge in [0.2, 0.25) is 0 Å². The summed E-state index contributed by atoms with van der Waals surface area (Å²) in [6.45, 7) is 0. The number of pyridine rings is 2. The van der Waals surface area contributed by atoms with Crippen LogP contribution in [-0.4, -0.2) is 9.97 Å². The van der Waals surface area contributed by atoms with E-state index in [2.05, 4.69) is 167 Å². The van der Waals surface area contributed by atoms with Crippen LogP contribution < -0.4 is 4.90 Å². The van der Waals surface area contributed by atoms with Gasteiger partial charge in [-0.2, -0.15) is 0 Å². The summed E-state index contributed by atoms with van der Waals surface area (Å²) in [6.07, 6.45) is 5.59. The predicted molar refractivity (Wildman–Crippen MR) is 233 cm³/mol. The van der Waals surface area contributed by atoms with Crippen molar-refractivity contribution in [2.45, 2.75) is 0 Å². The van der Waals surface area contributed by atoms with Crippen LogP contribution >= 0.6 is 0 Å². The van der Waals surface area contributed by atoms with E-state index in [0.29, 0.717) is 0 Å². The van der Waals surface area contributed by atoms with Crippen molar-refractivity contribution in [2.24, 2.45) is 0 Å². The highest BCUT2D eigenvalue weighted by Crippen LogP contribution is 2.44. The number of fused-ring (bicyclic) bond motifs is 6. The Kier molecular flexibility index (Phi) is 7.74. The van der Waals surface area contributed by atoms with Gasteiger partial charge in [0.25, 0.3) is 0 Å². The molecule has 0 aliphatic carbocycles. The quantitative estimate of drug-likeness (QED) is 0.163. The van der Waals surface area contributed by atoms with E-state index in [1.54, 1.807) is 0 Å². The highest BCUT2D eigenvalue weighted by molar-refractivity contribution is 6.09. The SMILES string of the molecule is c1ccc(-c2ccc(-c3ccccc3N(c3ccc(-c4cncc5c4oc4ccccc45)cc3)c3ccc(-c4cccc5c4oc4cccnc45)cc3)cc2)cc1. The van der Waals surface area contributed by atoms with E-state index in [9.17, 15) is 0 Å². The van der Waals surface area contributed by atoms with Crippen LogP contribution in [0.2, 0.25) is 0 Å². The number of rotatable bonds is 7. The van der Waals surface area contributed by atoms with Gasteiger partial charge in [-0.05, 0) is 82.4 Å². The summed E-state index contributed by atoms with van der Waals surface area (Å²) in [6, 6.07) is 63.7. The van der Waals surface area contributed by atoms with E-state index in [4.69, 9.17) is 8.83 Å². The van der Waals surface area contributed by atoms with Crippen LogP contribution in [0, 0.1) is 0 Å². The van der Waals surface area contributed by atoms with Gasteiger partial charge in [0.15, 0.2) is 5.58 Å². The lowest BCUT2D eigenvalue weighted by Crippen LogP contribution is -2.11. The summed E-state index contributed by atoms with van der Waals surface area (Å²) in [4.78, 5) is 11.6. The molecule has 0 saturated heterocycles. The lowest BCUT2D eigenvalue weighted by atomic mass is 9.98. The first-order chi connectivity index (χ1) is 28.3. The Morgan fingerprint density at radius 1 is 0.368 bits per heavy atom. The van der Waals surface area contributed by atoms with E-state index >= 15 is 0 Å². The highest BCUT2D eigenvalue weighted by atomic mass is 16.3. The molecule has 0 amide bonds. The molecular formula is C52H33N3O2. The smallest absolute Gasteiger partial charge is 0.153 e. The summed E-state index contributed by atoms with van der Waals surface area (Å²) < 4.78 is 12.7. The van der Waals surface area contributed by atoms with Crippen molar-refractivity contribution in [3.05, 3.63) is 201 Å². The summed E-state index contributed by atoms with van der Waals surface area (Å²) in [5, 5.41) is 3.08. The number of anilines is 3. The lowest BCUT2D eigenvalue weighted by Gasteiger charge is -2.28. The fourth-order valence-corrected chi connectivity index (χ4v) is 8.08. The molecule has 0 spiro atoms. The lowest BCUT2D eigenvalue weighted by molar-refractivity contribution is 0.669. The van der Waals surface area contributed by atoms with Crippen LogP contribution in [0.5, 0.6) is 0 Å². The van der Waals surface area contributed by atoms with Crippen LogP contribution in [0.25, 0.3) is 88.5 Å². The number of nitrogens with zero attached hydrogens (tertiary/aromatic N) is 3. The van der Waals surface area contributed by atoms with Crippen molar-refractivity contribution in [2.75, 3.05) is 4.90 Å². The first-order valence-corrected chi connectivity index (χ1v) is 19.0. The third-order valence-corrected chi connectivity index (χ3v) is 10.9. The fourth-order valence-electron chi connectivity index (χ4n) is 8.08. The molecule has 0 atom stereocenters. The third-order valence-electron chi connectivity index (χ3n) is 10.9. The molecule has 0 aliphatic rings. The molecule has 7 aromatic carbocycles. The minimum absolute atomic E-state index is 0.784. The number of furan rings is 2. The predicted octanol–water partition coefficient (Wildman–Crippen LogP) is 14.4. The zero-order chi connectivity index (χ0) is 37.7. The molecule has 4 heterocycles. The summed E-state index contributed by atoms with van der Waals surface area (Å²) in [5.74, 6) is 0. The Labute approximate surface area is 328 Å². The molecule has 5 heteroatoms. The third kappa shape index (κ3) is 5.64. The van der Waals surface area contributed by atoms with Crippen LogP contribution in [-0.2, 0) is 0 Å². The maximum atomic E-state index is 6.39. The molecule has 57 heavy (non-hydrogen) atoms. The Morgan fingerprint density at radius 2 is 0.930 bits per heavy atom. The van der Waals surface area contributed by atoms with E-state index in [0.717, 1.165) is 94.5 Å². The molecule has 268 valence electrons. The molecule has 0 saturated carbocycles. The molecule has 0 fully saturated rings. The van der Waals surface area contributed by atoms with Gasteiger partial charge in [-0.15, -0.1) is 0 Å². The molecule has 4 aromatic heterocycles. The second-order valence-electron chi connectivity index (χ2n) is 14.2. The van der Waals surface area contributed by atoms with Gasteiger partial charge in [-0.25, -0.2) is 0 Å². The maximum absolute atomic E-state index is 6.39. The van der Waals surface area contributed by atoms with Gasteiger partial charge < -0.3 is 13.7 Å². The summed E-state index contributed by atoms with van der Waals surface area (Å²) in [5.41, 5.74) is 16.0. The van der Waals surface area contributed by atoms with Crippen molar-refractivity contribution in [1.29, 1.82) is 0 Å². The highest BCUT2D eigenvalue weighted by Gasteiger charge is 2.20. The van der Waals surface area contributed by atoms with Crippen LogP contribution in [0.15, 0.2) is 209 Å². The normalized spacial score (nSPS) is 11.5. The van der Waals surface area contributed by atoms with Crippen molar-refractivity contribution in [1.82, 2.24) is 9.97 Å². The minimum atomic E-state index is 0.784. The number of aromatic nitrogens is 2. The van der Waals surface area contributed by atoms with Crippen molar-refractivity contribution in [3.8, 4) is 44.5 Å². The zero-order valence-electron chi connectivity index (χ0n) is 30.7. The number of hydrogen-bond donors (Lipinski definition) is 0. The fraction of sp³-hybridized carbons (Fsp3) is 0. The average Bonchev–Trinajstić information content (AvgIpc) is 3.87. The molecule has 11 aromatic rings. The van der Waals surface area contributed by atoms with Gasteiger partial charge in [0, 0.05) is 62.8 Å². The Balaban J connectivity index is 1.03. The minimum Gasteiger partial charge on any atom is -0.455 e. The Morgan fingerprint density at radius 3 is 1.74 bits per heavy atom. The molecule has 5 nitrogen and oxygen atoms in total. The Bertz CT molecular complexity index is 3060. The number of para-hydroxylation sites is 3. The van der Waals surface area contributed by atoms with E-state index in [-0.39, 0.29) is 0 Å². The van der Waals surface area contributed by atoms with Crippen molar-refractivity contribution < 1.29 is 8.83 Å². The maximum Gasteiger partial charge on any atom is 0.153 e. The Hall–Kier alpha value is -7.76. The zero-order valence-corrected chi connectivity index (χ0v) is 30.7.